The standard InChI is InChI=1S/C20H26N2O3/c1-15-12-22(8-9-25-15)14-20(23)21(2)13-16-4-5-18-11-19(24-3)7-6-17(18)10-16/h4-7,10-11,15H,8-9,12-14H2,1-3H3/t15-/m1/s1. The minimum atomic E-state index is 0.143. The molecule has 5 nitrogen and oxygen atoms in total. The summed E-state index contributed by atoms with van der Waals surface area (Å²) < 4.78 is 10.8. The molecule has 3 rings (SSSR count). The molecular formula is C20H26N2O3. The molecule has 0 aromatic heterocycles. The Morgan fingerprint density at radius 1 is 1.28 bits per heavy atom. The number of rotatable bonds is 5. The van der Waals surface area contributed by atoms with Gasteiger partial charge in [-0.05, 0) is 41.5 Å². The van der Waals surface area contributed by atoms with Gasteiger partial charge >= 0.3 is 0 Å². The predicted octanol–water partition coefficient (Wildman–Crippen LogP) is 2.53. The van der Waals surface area contributed by atoms with Crippen molar-refractivity contribution in [2.45, 2.75) is 19.6 Å². The van der Waals surface area contributed by atoms with E-state index >= 15 is 0 Å². The molecule has 1 heterocycles. The van der Waals surface area contributed by atoms with Gasteiger partial charge in [-0.1, -0.05) is 18.2 Å². The first-order valence-electron chi connectivity index (χ1n) is 8.70. The number of carbonyl (C=O) groups is 1. The summed E-state index contributed by atoms with van der Waals surface area (Å²) in [4.78, 5) is 16.5. The van der Waals surface area contributed by atoms with Gasteiger partial charge < -0.3 is 14.4 Å². The van der Waals surface area contributed by atoms with E-state index in [1.807, 2.05) is 26.1 Å². The van der Waals surface area contributed by atoms with Crippen molar-refractivity contribution in [2.24, 2.45) is 0 Å². The third kappa shape index (κ3) is 4.50. The topological polar surface area (TPSA) is 42.0 Å². The molecule has 0 spiro atoms. The number of hydrogen-bond donors (Lipinski definition) is 0. The number of fused-ring (bicyclic) bond motifs is 1. The van der Waals surface area contributed by atoms with Crippen LogP contribution in [0.25, 0.3) is 10.8 Å². The highest BCUT2D eigenvalue weighted by Crippen LogP contribution is 2.22. The van der Waals surface area contributed by atoms with Crippen LogP contribution in [-0.4, -0.2) is 62.2 Å². The zero-order valence-corrected chi connectivity index (χ0v) is 15.2. The number of nitrogens with zero attached hydrogens (tertiary/aromatic N) is 2. The Kier molecular flexibility index (Phi) is 5.56. The van der Waals surface area contributed by atoms with Gasteiger partial charge in [0.25, 0.3) is 0 Å². The number of carbonyl (C=O) groups excluding carboxylic acids is 1. The van der Waals surface area contributed by atoms with Crippen molar-refractivity contribution < 1.29 is 14.3 Å². The molecule has 2 aromatic carbocycles. The molecule has 5 heteroatoms. The van der Waals surface area contributed by atoms with Gasteiger partial charge in [-0.15, -0.1) is 0 Å². The second kappa shape index (κ2) is 7.85. The average Bonchev–Trinajstić information content (AvgIpc) is 2.61. The Balaban J connectivity index is 1.62. The summed E-state index contributed by atoms with van der Waals surface area (Å²) in [6.45, 7) is 5.45. The zero-order valence-electron chi connectivity index (χ0n) is 15.2. The Morgan fingerprint density at radius 2 is 2.04 bits per heavy atom. The number of morpholine rings is 1. The lowest BCUT2D eigenvalue weighted by molar-refractivity contribution is -0.133. The Labute approximate surface area is 149 Å². The first kappa shape index (κ1) is 17.7. The molecule has 0 aliphatic carbocycles. The van der Waals surface area contributed by atoms with E-state index in [0.717, 1.165) is 35.2 Å². The number of ether oxygens (including phenoxy) is 2. The molecule has 1 saturated heterocycles. The monoisotopic (exact) mass is 342 g/mol. The van der Waals surface area contributed by atoms with Crippen LogP contribution in [-0.2, 0) is 16.1 Å². The molecule has 0 unspecified atom stereocenters. The molecule has 134 valence electrons. The van der Waals surface area contributed by atoms with Crippen molar-refractivity contribution in [1.29, 1.82) is 0 Å². The SMILES string of the molecule is COc1ccc2cc(CN(C)C(=O)CN3CCO[C@H](C)C3)ccc2c1. The quantitative estimate of drug-likeness (QED) is 0.837. The van der Waals surface area contributed by atoms with Crippen molar-refractivity contribution >= 4 is 16.7 Å². The van der Waals surface area contributed by atoms with Crippen LogP contribution in [0.15, 0.2) is 36.4 Å². The maximum Gasteiger partial charge on any atom is 0.236 e. The lowest BCUT2D eigenvalue weighted by Gasteiger charge is -2.31. The molecule has 0 radical (unpaired) electrons. The fourth-order valence-corrected chi connectivity index (χ4v) is 3.21. The van der Waals surface area contributed by atoms with E-state index in [1.165, 1.54) is 0 Å². The maximum atomic E-state index is 12.5. The van der Waals surface area contributed by atoms with Crippen molar-refractivity contribution in [3.8, 4) is 5.75 Å². The van der Waals surface area contributed by atoms with Crippen LogP contribution in [0.2, 0.25) is 0 Å². The third-order valence-electron chi connectivity index (χ3n) is 4.64. The van der Waals surface area contributed by atoms with Crippen LogP contribution in [0.4, 0.5) is 0 Å². The summed E-state index contributed by atoms with van der Waals surface area (Å²) in [6.07, 6.45) is 0.198. The van der Waals surface area contributed by atoms with E-state index in [2.05, 4.69) is 29.2 Å². The van der Waals surface area contributed by atoms with Crippen LogP contribution in [0, 0.1) is 0 Å². The lowest BCUT2D eigenvalue weighted by Crippen LogP contribution is -2.46. The Morgan fingerprint density at radius 3 is 2.80 bits per heavy atom. The van der Waals surface area contributed by atoms with Gasteiger partial charge in [-0.25, -0.2) is 0 Å². The highest BCUT2D eigenvalue weighted by Gasteiger charge is 2.20. The molecule has 0 saturated carbocycles. The highest BCUT2D eigenvalue weighted by atomic mass is 16.5. The smallest absolute Gasteiger partial charge is 0.236 e. The van der Waals surface area contributed by atoms with Gasteiger partial charge in [0.2, 0.25) is 5.91 Å². The largest absolute Gasteiger partial charge is 0.497 e. The van der Waals surface area contributed by atoms with Crippen molar-refractivity contribution in [2.75, 3.05) is 40.4 Å². The average molecular weight is 342 g/mol. The van der Waals surface area contributed by atoms with Gasteiger partial charge in [-0.3, -0.25) is 9.69 Å². The molecule has 0 N–H and O–H groups in total. The van der Waals surface area contributed by atoms with Crippen molar-refractivity contribution in [1.82, 2.24) is 9.80 Å². The molecule has 1 fully saturated rings. The molecule has 1 amide bonds. The van der Waals surface area contributed by atoms with Gasteiger partial charge in [0.05, 0.1) is 26.4 Å². The van der Waals surface area contributed by atoms with Gasteiger partial charge in [-0.2, -0.15) is 0 Å². The summed E-state index contributed by atoms with van der Waals surface area (Å²) in [5.41, 5.74) is 1.13. The van der Waals surface area contributed by atoms with Crippen molar-refractivity contribution in [3.05, 3.63) is 42.0 Å². The molecule has 2 aromatic rings. The van der Waals surface area contributed by atoms with E-state index in [-0.39, 0.29) is 12.0 Å². The second-order valence-corrected chi connectivity index (χ2v) is 6.71. The number of benzene rings is 2. The zero-order chi connectivity index (χ0) is 17.8. The van der Waals surface area contributed by atoms with Crippen LogP contribution in [0.3, 0.4) is 0 Å². The lowest BCUT2D eigenvalue weighted by atomic mass is 10.1. The van der Waals surface area contributed by atoms with Gasteiger partial charge in [0.15, 0.2) is 0 Å². The summed E-state index contributed by atoms with van der Waals surface area (Å²) in [5.74, 6) is 0.996. The predicted molar refractivity (Wildman–Crippen MR) is 98.8 cm³/mol. The van der Waals surface area contributed by atoms with E-state index in [9.17, 15) is 4.79 Å². The molecule has 0 bridgehead atoms. The summed E-state index contributed by atoms with van der Waals surface area (Å²) in [6, 6.07) is 12.3. The Hall–Kier alpha value is -2.11. The fraction of sp³-hybridized carbons (Fsp3) is 0.450. The van der Waals surface area contributed by atoms with E-state index < -0.39 is 0 Å². The van der Waals surface area contributed by atoms with E-state index in [4.69, 9.17) is 9.47 Å². The summed E-state index contributed by atoms with van der Waals surface area (Å²) in [7, 11) is 3.54. The first-order chi connectivity index (χ1) is 12.0. The van der Waals surface area contributed by atoms with Crippen LogP contribution in [0.5, 0.6) is 5.75 Å². The molecule has 1 aliphatic heterocycles. The van der Waals surface area contributed by atoms with Crippen molar-refractivity contribution in [3.63, 3.8) is 0 Å². The van der Waals surface area contributed by atoms with E-state index in [1.54, 1.807) is 12.0 Å². The number of methoxy groups -OCH3 is 1. The van der Waals surface area contributed by atoms with E-state index in [0.29, 0.717) is 19.7 Å². The number of hydrogen-bond acceptors (Lipinski definition) is 4. The van der Waals surface area contributed by atoms with Crippen LogP contribution in [0.1, 0.15) is 12.5 Å². The maximum absolute atomic E-state index is 12.5. The summed E-state index contributed by atoms with van der Waals surface area (Å²) >= 11 is 0. The Bertz CT molecular complexity index is 747. The molecule has 25 heavy (non-hydrogen) atoms. The van der Waals surface area contributed by atoms with Crippen LogP contribution < -0.4 is 4.74 Å². The number of likely N-dealkylation sites (N-methyl/N-ethyl adjacent to an activating group) is 1. The third-order valence-corrected chi connectivity index (χ3v) is 4.64. The van der Waals surface area contributed by atoms with Crippen LogP contribution >= 0.6 is 0 Å². The molecular weight excluding hydrogens is 316 g/mol. The normalized spacial score (nSPS) is 18.3. The minimum Gasteiger partial charge on any atom is -0.497 e. The fourth-order valence-electron chi connectivity index (χ4n) is 3.21. The van der Waals surface area contributed by atoms with Gasteiger partial charge in [0.1, 0.15) is 5.75 Å². The second-order valence-electron chi connectivity index (χ2n) is 6.71. The molecule has 1 aliphatic rings. The summed E-state index contributed by atoms with van der Waals surface area (Å²) in [5, 5.41) is 2.29. The number of amides is 1. The molecule has 1 atom stereocenters. The first-order valence-corrected chi connectivity index (χ1v) is 8.70. The van der Waals surface area contributed by atoms with Gasteiger partial charge in [0, 0.05) is 26.7 Å². The minimum absolute atomic E-state index is 0.143. The highest BCUT2D eigenvalue weighted by molar-refractivity contribution is 5.84.